The van der Waals surface area contributed by atoms with Gasteiger partial charge in [0.2, 0.25) is 0 Å². The van der Waals surface area contributed by atoms with Crippen LogP contribution in [0.25, 0.3) is 0 Å². The first-order valence-corrected chi connectivity index (χ1v) is 3.72. The predicted octanol–water partition coefficient (Wildman–Crippen LogP) is 2.51. The van der Waals surface area contributed by atoms with Crippen molar-refractivity contribution in [2.75, 3.05) is 0 Å². The number of hydrogen-bond acceptors (Lipinski definition) is 1. The highest BCUT2D eigenvalue weighted by Gasteiger charge is 1.78. The summed E-state index contributed by atoms with van der Waals surface area (Å²) >= 11 is 0. The van der Waals surface area contributed by atoms with Crippen LogP contribution in [0, 0.1) is 5.92 Å². The molecule has 0 N–H and O–H groups in total. The predicted molar refractivity (Wildman–Crippen MR) is 48.3 cm³/mol. The summed E-state index contributed by atoms with van der Waals surface area (Å²) in [6.07, 6.45) is 11.7. The molecule has 0 radical (unpaired) electrons. The van der Waals surface area contributed by atoms with Crippen LogP contribution >= 0.6 is 0 Å². The molecular weight excluding hydrogens is 136 g/mol. The highest BCUT2D eigenvalue weighted by atomic mass is 16.1. The molecule has 0 atom stereocenters. The molecule has 0 saturated heterocycles. The number of rotatable bonds is 4. The normalized spacial score (nSPS) is 12.6. The van der Waals surface area contributed by atoms with E-state index >= 15 is 0 Å². The maximum Gasteiger partial charge on any atom is 0.142 e. The zero-order chi connectivity index (χ0) is 8.53. The topological polar surface area (TPSA) is 17.1 Å². The first-order valence-electron chi connectivity index (χ1n) is 3.72. The molecule has 0 aliphatic heterocycles. The molecule has 0 saturated carbocycles. The van der Waals surface area contributed by atoms with E-state index < -0.39 is 0 Å². The van der Waals surface area contributed by atoms with Gasteiger partial charge < -0.3 is 0 Å². The first kappa shape index (κ1) is 9.89. The fourth-order valence-electron chi connectivity index (χ4n) is 0.524. The Labute approximate surface area is 68.1 Å². The molecule has 0 fully saturated rings. The molecule has 0 amide bonds. The van der Waals surface area contributed by atoms with Crippen LogP contribution < -0.4 is 0 Å². The van der Waals surface area contributed by atoms with Crippen molar-refractivity contribution in [2.45, 2.75) is 13.8 Å². The second kappa shape index (κ2) is 7.00. The molecule has 0 aromatic rings. The summed E-state index contributed by atoms with van der Waals surface area (Å²) in [5.74, 6) is 0.578. The van der Waals surface area contributed by atoms with Gasteiger partial charge in [-0.15, -0.1) is 0 Å². The van der Waals surface area contributed by atoms with E-state index in [-0.39, 0.29) is 0 Å². The lowest BCUT2D eigenvalue weighted by atomic mass is 10.2. The van der Waals surface area contributed by atoms with Crippen LogP contribution in [0.3, 0.4) is 0 Å². The molecular formula is C10H14O. The van der Waals surface area contributed by atoms with Crippen LogP contribution in [-0.4, -0.2) is 6.29 Å². The highest BCUT2D eigenvalue weighted by molar-refractivity contribution is 5.65. The maximum absolute atomic E-state index is 9.81. The van der Waals surface area contributed by atoms with Crippen molar-refractivity contribution >= 4 is 6.29 Å². The van der Waals surface area contributed by atoms with Gasteiger partial charge >= 0.3 is 0 Å². The van der Waals surface area contributed by atoms with Gasteiger partial charge in [0.05, 0.1) is 0 Å². The minimum atomic E-state index is 0.578. The quantitative estimate of drug-likeness (QED) is 0.342. The minimum Gasteiger partial charge on any atom is -0.299 e. The summed E-state index contributed by atoms with van der Waals surface area (Å²) in [4.78, 5) is 9.81. The second-order valence-corrected chi connectivity index (χ2v) is 2.53. The van der Waals surface area contributed by atoms with E-state index in [0.717, 1.165) is 6.29 Å². The SMILES string of the molecule is CC(C)/C=C/C=C/C=C/C=O. The molecule has 0 aliphatic carbocycles. The van der Waals surface area contributed by atoms with E-state index in [9.17, 15) is 4.79 Å². The van der Waals surface area contributed by atoms with Gasteiger partial charge in [0.25, 0.3) is 0 Å². The standard InChI is InChI=1S/C10H14O/c1-10(2)8-6-4-3-5-7-9-11/h3-10H,1-2H3/b4-3+,7-5+,8-6+. The van der Waals surface area contributed by atoms with Crippen molar-refractivity contribution in [3.63, 3.8) is 0 Å². The Morgan fingerprint density at radius 3 is 2.00 bits per heavy atom. The molecule has 0 unspecified atom stereocenters. The number of carbonyl (C=O) groups is 1. The molecule has 0 aromatic heterocycles. The van der Waals surface area contributed by atoms with Crippen molar-refractivity contribution in [1.82, 2.24) is 0 Å². The van der Waals surface area contributed by atoms with E-state index in [4.69, 9.17) is 0 Å². The van der Waals surface area contributed by atoms with Crippen LogP contribution in [-0.2, 0) is 4.79 Å². The van der Waals surface area contributed by atoms with Gasteiger partial charge in [-0.1, -0.05) is 44.2 Å². The van der Waals surface area contributed by atoms with E-state index in [1.54, 1.807) is 6.08 Å². The van der Waals surface area contributed by atoms with Gasteiger partial charge in [-0.05, 0) is 12.0 Å². The molecule has 0 aliphatic rings. The molecule has 60 valence electrons. The van der Waals surface area contributed by atoms with Crippen molar-refractivity contribution in [1.29, 1.82) is 0 Å². The van der Waals surface area contributed by atoms with E-state index in [2.05, 4.69) is 19.9 Å². The average molecular weight is 150 g/mol. The third-order valence-electron chi connectivity index (χ3n) is 1.02. The van der Waals surface area contributed by atoms with Crippen LogP contribution in [0.2, 0.25) is 0 Å². The summed E-state index contributed by atoms with van der Waals surface area (Å²) in [5, 5.41) is 0. The summed E-state index contributed by atoms with van der Waals surface area (Å²) < 4.78 is 0. The van der Waals surface area contributed by atoms with Gasteiger partial charge in [-0.2, -0.15) is 0 Å². The molecule has 0 rings (SSSR count). The number of carbonyl (C=O) groups excluding carboxylic acids is 1. The summed E-state index contributed by atoms with van der Waals surface area (Å²) in [6.45, 7) is 4.23. The number of hydrogen-bond donors (Lipinski definition) is 0. The van der Waals surface area contributed by atoms with Crippen LogP contribution in [0.4, 0.5) is 0 Å². The number of aldehydes is 1. The first-order chi connectivity index (χ1) is 5.27. The highest BCUT2D eigenvalue weighted by Crippen LogP contribution is 1.93. The largest absolute Gasteiger partial charge is 0.299 e. The van der Waals surface area contributed by atoms with Crippen LogP contribution in [0.1, 0.15) is 13.8 Å². The third kappa shape index (κ3) is 8.89. The van der Waals surface area contributed by atoms with Crippen molar-refractivity contribution in [3.05, 3.63) is 36.5 Å². The smallest absolute Gasteiger partial charge is 0.142 e. The Bertz CT molecular complexity index is 173. The zero-order valence-corrected chi connectivity index (χ0v) is 7.03. The molecule has 1 nitrogen and oxygen atoms in total. The second-order valence-electron chi connectivity index (χ2n) is 2.53. The van der Waals surface area contributed by atoms with E-state index in [1.807, 2.05) is 18.2 Å². The zero-order valence-electron chi connectivity index (χ0n) is 7.03. The molecule has 11 heavy (non-hydrogen) atoms. The van der Waals surface area contributed by atoms with Crippen LogP contribution in [0.5, 0.6) is 0 Å². The monoisotopic (exact) mass is 150 g/mol. The lowest BCUT2D eigenvalue weighted by Crippen LogP contribution is -1.74. The van der Waals surface area contributed by atoms with Gasteiger partial charge in [0.15, 0.2) is 0 Å². The Hall–Kier alpha value is -1.11. The maximum atomic E-state index is 9.81. The van der Waals surface area contributed by atoms with Gasteiger partial charge in [-0.25, -0.2) is 0 Å². The summed E-state index contributed by atoms with van der Waals surface area (Å²) in [7, 11) is 0. The van der Waals surface area contributed by atoms with Gasteiger partial charge in [0, 0.05) is 0 Å². The summed E-state index contributed by atoms with van der Waals surface area (Å²) in [5.41, 5.74) is 0. The number of allylic oxidation sites excluding steroid dienone is 6. The van der Waals surface area contributed by atoms with Crippen molar-refractivity contribution in [3.8, 4) is 0 Å². The molecule has 0 spiro atoms. The van der Waals surface area contributed by atoms with Crippen molar-refractivity contribution < 1.29 is 4.79 Å². The third-order valence-corrected chi connectivity index (χ3v) is 1.02. The lowest BCUT2D eigenvalue weighted by molar-refractivity contribution is -0.104. The van der Waals surface area contributed by atoms with Gasteiger partial charge in [-0.3, -0.25) is 4.79 Å². The molecule has 0 aromatic carbocycles. The summed E-state index contributed by atoms with van der Waals surface area (Å²) in [6, 6.07) is 0. The molecule has 0 heterocycles. The van der Waals surface area contributed by atoms with E-state index in [1.165, 1.54) is 6.08 Å². The van der Waals surface area contributed by atoms with Crippen LogP contribution in [0.15, 0.2) is 36.5 Å². The van der Waals surface area contributed by atoms with E-state index in [0.29, 0.717) is 5.92 Å². The van der Waals surface area contributed by atoms with Crippen molar-refractivity contribution in [2.24, 2.45) is 5.92 Å². The fourth-order valence-corrected chi connectivity index (χ4v) is 0.524. The fraction of sp³-hybridized carbons (Fsp3) is 0.300. The Balaban J connectivity index is 3.59. The lowest BCUT2D eigenvalue weighted by Gasteiger charge is -1.88. The average Bonchev–Trinajstić information content (AvgIpc) is 1.96. The van der Waals surface area contributed by atoms with Gasteiger partial charge in [0.1, 0.15) is 6.29 Å². The minimum absolute atomic E-state index is 0.578. The Morgan fingerprint density at radius 2 is 1.45 bits per heavy atom. The molecule has 1 heteroatoms. The molecule has 0 bridgehead atoms. The Kier molecular flexibility index (Phi) is 6.30. The Morgan fingerprint density at radius 1 is 0.909 bits per heavy atom.